The fraction of sp³-hybridized carbons (Fsp3) is 0.222. The van der Waals surface area contributed by atoms with Gasteiger partial charge in [0.15, 0.2) is 0 Å². The highest BCUT2D eigenvalue weighted by molar-refractivity contribution is 7.94. The van der Waals surface area contributed by atoms with Crippen LogP contribution in [-0.2, 0) is 20.7 Å². The molecule has 0 aromatic heterocycles. The van der Waals surface area contributed by atoms with Crippen LogP contribution in [0.2, 0.25) is 0 Å². The van der Waals surface area contributed by atoms with Gasteiger partial charge in [-0.3, -0.25) is 9.59 Å². The topological polar surface area (TPSA) is 81.4 Å². The summed E-state index contributed by atoms with van der Waals surface area (Å²) >= 11 is 0.228. The number of hydrogen-bond acceptors (Lipinski definition) is 5. The quantitative estimate of drug-likeness (QED) is 0.684. The number of anilines is 1. The molecule has 0 saturated carbocycles. The third kappa shape index (κ3) is 3.67. The number of hydrogen-bond donors (Lipinski definition) is 2. The van der Waals surface area contributed by atoms with E-state index in [1.165, 1.54) is 7.11 Å². The molecule has 0 bridgehead atoms. The third-order valence-electron chi connectivity index (χ3n) is 4.14. The third-order valence-corrected chi connectivity index (χ3v) is 4.57. The predicted molar refractivity (Wildman–Crippen MR) is 94.9 cm³/mol. The van der Waals surface area contributed by atoms with Gasteiger partial charge in [0, 0.05) is 10.6 Å². The number of ether oxygens (including phenoxy) is 1. The lowest BCUT2D eigenvalue weighted by Crippen LogP contribution is -2.35. The Hall–Kier alpha value is -2.38. The predicted octanol–water partition coefficient (Wildman–Crippen LogP) is 3.06. The van der Waals surface area contributed by atoms with E-state index >= 15 is 0 Å². The maximum Gasteiger partial charge on any atom is 0.323 e. The molecule has 1 atom stereocenters. The van der Waals surface area contributed by atoms with Crippen molar-refractivity contribution in [2.24, 2.45) is 5.73 Å². The van der Waals surface area contributed by atoms with Crippen LogP contribution >= 0.6 is 12.1 Å². The number of methoxy groups -OCH3 is 1. The Morgan fingerprint density at radius 1 is 1.24 bits per heavy atom. The number of carbonyl (C=O) groups excluding carboxylic acids is 2. The van der Waals surface area contributed by atoms with Crippen LogP contribution in [0.15, 0.2) is 41.3 Å². The number of benzene rings is 2. The number of fused-ring (bicyclic) bond motifs is 3. The van der Waals surface area contributed by atoms with Gasteiger partial charge in [0.2, 0.25) is 5.91 Å². The normalized spacial score (nSPS) is 12.9. The molecule has 1 aliphatic rings. The van der Waals surface area contributed by atoms with Crippen LogP contribution in [0.5, 0.6) is 0 Å². The summed E-state index contributed by atoms with van der Waals surface area (Å²) in [5.41, 5.74) is 10.5. The van der Waals surface area contributed by atoms with Crippen molar-refractivity contribution in [3.8, 4) is 11.1 Å². The standard InChI is InChI=1S/C18H17FN2O3S/c1-24-18(23)16(20)9-17(22)21-12-2-4-14-10(7-12)6-11-8-13(25-19)3-5-15(11)14/h2-5,7-8,16H,6,9,20H2,1H3,(H,21,22). The van der Waals surface area contributed by atoms with Gasteiger partial charge in [-0.2, -0.15) is 3.89 Å². The first-order valence-corrected chi connectivity index (χ1v) is 8.41. The lowest BCUT2D eigenvalue weighted by molar-refractivity contribution is -0.143. The molecule has 5 nitrogen and oxygen atoms in total. The summed E-state index contributed by atoms with van der Waals surface area (Å²) in [4.78, 5) is 23.9. The van der Waals surface area contributed by atoms with Gasteiger partial charge in [0.25, 0.3) is 0 Å². The molecule has 1 aliphatic carbocycles. The van der Waals surface area contributed by atoms with Gasteiger partial charge in [-0.05, 0) is 52.9 Å². The second-order valence-corrected chi connectivity index (χ2v) is 6.45. The Balaban J connectivity index is 1.72. The lowest BCUT2D eigenvalue weighted by Gasteiger charge is -2.11. The molecular formula is C18H17FN2O3S. The van der Waals surface area contributed by atoms with Gasteiger partial charge in [-0.1, -0.05) is 12.1 Å². The van der Waals surface area contributed by atoms with E-state index in [2.05, 4.69) is 10.1 Å². The van der Waals surface area contributed by atoms with Crippen molar-refractivity contribution in [2.75, 3.05) is 12.4 Å². The molecule has 7 heteroatoms. The van der Waals surface area contributed by atoms with E-state index in [-0.39, 0.29) is 24.5 Å². The Kier molecular flexibility index (Phi) is 5.06. The molecule has 1 amide bonds. The maximum absolute atomic E-state index is 12.7. The number of esters is 1. The van der Waals surface area contributed by atoms with E-state index in [4.69, 9.17) is 5.73 Å². The molecule has 3 N–H and O–H groups in total. The fourth-order valence-electron chi connectivity index (χ4n) is 2.96. The minimum Gasteiger partial charge on any atom is -0.468 e. The second kappa shape index (κ2) is 7.25. The molecule has 0 heterocycles. The van der Waals surface area contributed by atoms with Gasteiger partial charge < -0.3 is 15.8 Å². The number of amides is 1. The highest BCUT2D eigenvalue weighted by Crippen LogP contribution is 2.39. The van der Waals surface area contributed by atoms with Gasteiger partial charge >= 0.3 is 5.97 Å². The van der Waals surface area contributed by atoms with Crippen molar-refractivity contribution < 1.29 is 18.2 Å². The Morgan fingerprint density at radius 2 is 1.92 bits per heavy atom. The van der Waals surface area contributed by atoms with Crippen LogP contribution in [0.4, 0.5) is 9.57 Å². The Morgan fingerprint density at radius 3 is 2.60 bits per heavy atom. The molecule has 0 saturated heterocycles. The van der Waals surface area contributed by atoms with Crippen molar-refractivity contribution in [1.29, 1.82) is 0 Å². The summed E-state index contributed by atoms with van der Waals surface area (Å²) in [5, 5.41) is 2.74. The summed E-state index contributed by atoms with van der Waals surface area (Å²) in [6, 6.07) is 10.1. The number of nitrogens with two attached hydrogens (primary N) is 1. The van der Waals surface area contributed by atoms with E-state index < -0.39 is 12.0 Å². The monoisotopic (exact) mass is 360 g/mol. The zero-order chi connectivity index (χ0) is 18.0. The van der Waals surface area contributed by atoms with Crippen LogP contribution in [-0.4, -0.2) is 25.0 Å². The largest absolute Gasteiger partial charge is 0.468 e. The highest BCUT2D eigenvalue weighted by Gasteiger charge is 2.21. The molecule has 3 rings (SSSR count). The molecule has 0 fully saturated rings. The lowest BCUT2D eigenvalue weighted by atomic mass is 10.1. The van der Waals surface area contributed by atoms with Crippen LogP contribution in [0, 0.1) is 0 Å². The maximum atomic E-state index is 12.7. The molecule has 25 heavy (non-hydrogen) atoms. The summed E-state index contributed by atoms with van der Waals surface area (Å²) in [5.74, 6) is -0.981. The highest BCUT2D eigenvalue weighted by atomic mass is 32.2. The number of rotatable bonds is 5. The second-order valence-electron chi connectivity index (χ2n) is 5.83. The molecule has 1 unspecified atom stereocenters. The van der Waals surface area contributed by atoms with Crippen molar-refractivity contribution in [2.45, 2.75) is 23.8 Å². The average molecular weight is 360 g/mol. The van der Waals surface area contributed by atoms with Crippen LogP contribution in [0.3, 0.4) is 0 Å². The molecule has 0 aliphatic heterocycles. The molecule has 2 aromatic rings. The zero-order valence-electron chi connectivity index (χ0n) is 13.5. The van der Waals surface area contributed by atoms with Gasteiger partial charge in [0.1, 0.15) is 6.04 Å². The summed E-state index contributed by atoms with van der Waals surface area (Å²) in [6.45, 7) is 0. The van der Waals surface area contributed by atoms with Gasteiger partial charge in [-0.25, -0.2) is 0 Å². The Bertz CT molecular complexity index is 841. The average Bonchev–Trinajstić information content (AvgIpc) is 2.97. The molecular weight excluding hydrogens is 343 g/mol. The molecule has 130 valence electrons. The Labute approximate surface area is 149 Å². The smallest absolute Gasteiger partial charge is 0.323 e. The number of halogens is 1. The van der Waals surface area contributed by atoms with Crippen molar-refractivity contribution >= 4 is 29.7 Å². The van der Waals surface area contributed by atoms with E-state index in [1.807, 2.05) is 24.3 Å². The van der Waals surface area contributed by atoms with E-state index in [9.17, 15) is 13.5 Å². The molecule has 0 radical (unpaired) electrons. The van der Waals surface area contributed by atoms with E-state index in [0.717, 1.165) is 22.3 Å². The summed E-state index contributed by atoms with van der Waals surface area (Å²) in [6.07, 6.45) is 0.533. The summed E-state index contributed by atoms with van der Waals surface area (Å²) in [7, 11) is 1.23. The van der Waals surface area contributed by atoms with Crippen LogP contribution in [0.25, 0.3) is 11.1 Å². The molecule has 2 aromatic carbocycles. The zero-order valence-corrected chi connectivity index (χ0v) is 14.4. The number of nitrogens with one attached hydrogen (secondary N) is 1. The van der Waals surface area contributed by atoms with Gasteiger partial charge in [0.05, 0.1) is 25.7 Å². The summed E-state index contributed by atoms with van der Waals surface area (Å²) < 4.78 is 17.2. The van der Waals surface area contributed by atoms with E-state index in [1.54, 1.807) is 12.1 Å². The minimum atomic E-state index is -0.986. The van der Waals surface area contributed by atoms with Crippen LogP contribution in [0.1, 0.15) is 17.5 Å². The minimum absolute atomic E-state index is 0.152. The first-order chi connectivity index (χ1) is 12.0. The molecule has 0 spiro atoms. The van der Waals surface area contributed by atoms with Crippen molar-refractivity contribution in [3.05, 3.63) is 47.5 Å². The fourth-order valence-corrected chi connectivity index (χ4v) is 3.27. The van der Waals surface area contributed by atoms with Gasteiger partial charge in [-0.15, -0.1) is 0 Å². The first kappa shape index (κ1) is 17.4. The number of carbonyl (C=O) groups is 2. The first-order valence-electron chi connectivity index (χ1n) is 7.70. The SMILES string of the molecule is COC(=O)C(N)CC(=O)Nc1ccc2c(c1)Cc1cc(SF)ccc1-2. The van der Waals surface area contributed by atoms with Crippen molar-refractivity contribution in [3.63, 3.8) is 0 Å². The van der Waals surface area contributed by atoms with E-state index in [0.29, 0.717) is 17.0 Å². The van der Waals surface area contributed by atoms with Crippen molar-refractivity contribution in [1.82, 2.24) is 0 Å². The van der Waals surface area contributed by atoms with Crippen LogP contribution < -0.4 is 11.1 Å².